The van der Waals surface area contributed by atoms with E-state index in [1.165, 1.54) is 39.6 Å². The van der Waals surface area contributed by atoms with E-state index in [-0.39, 0.29) is 13.0 Å². The maximum Gasteiger partial charge on any atom is 0.306 e. The van der Waals surface area contributed by atoms with E-state index in [0.29, 0.717) is 11.6 Å². The number of nitrogens with one attached hydrogen (secondary N) is 1. The molecule has 0 amide bonds. The van der Waals surface area contributed by atoms with Gasteiger partial charge in [0.15, 0.2) is 0 Å². The Labute approximate surface area is 117 Å². The first-order valence-corrected chi connectivity index (χ1v) is 7.14. The molecule has 0 aliphatic carbocycles. The molecule has 8 nitrogen and oxygen atoms in total. The van der Waals surface area contributed by atoms with Crippen molar-refractivity contribution < 1.29 is 22.7 Å². The summed E-state index contributed by atoms with van der Waals surface area (Å²) in [6.07, 6.45) is 1.32. The zero-order valence-corrected chi connectivity index (χ0v) is 12.3. The predicted octanol–water partition coefficient (Wildman–Crippen LogP) is 0.242. The highest BCUT2D eigenvalue weighted by molar-refractivity contribution is 7.90. The Morgan fingerprint density at radius 1 is 1.40 bits per heavy atom. The minimum absolute atomic E-state index is 0.0191. The van der Waals surface area contributed by atoms with Gasteiger partial charge in [-0.15, -0.1) is 0 Å². The minimum Gasteiger partial charge on any atom is -0.481 e. The summed E-state index contributed by atoms with van der Waals surface area (Å²) in [4.78, 5) is 14.9. The van der Waals surface area contributed by atoms with Gasteiger partial charge in [-0.25, -0.2) is 4.98 Å². The van der Waals surface area contributed by atoms with Crippen LogP contribution in [0, 0.1) is 0 Å². The number of anilines is 1. The quantitative estimate of drug-likeness (QED) is 0.725. The standard InChI is InChI=1S/C11H17N3O5S/c1-14(7-6-11(15)19-3)20(16,17)13-9-4-5-10(18-2)12-8-9/h4-5,8,13H,6-7H2,1-3H3. The highest BCUT2D eigenvalue weighted by Gasteiger charge is 2.18. The van der Waals surface area contributed by atoms with Gasteiger partial charge in [-0.2, -0.15) is 12.7 Å². The Bertz CT molecular complexity index is 544. The van der Waals surface area contributed by atoms with E-state index in [2.05, 4.69) is 14.4 Å². The van der Waals surface area contributed by atoms with Crippen molar-refractivity contribution >= 4 is 21.9 Å². The van der Waals surface area contributed by atoms with Crippen LogP contribution in [0.4, 0.5) is 5.69 Å². The number of pyridine rings is 1. The van der Waals surface area contributed by atoms with Gasteiger partial charge in [-0.3, -0.25) is 9.52 Å². The third kappa shape index (κ3) is 4.67. The largest absolute Gasteiger partial charge is 0.481 e. The second-order valence-electron chi connectivity index (χ2n) is 3.84. The molecule has 0 aliphatic heterocycles. The van der Waals surface area contributed by atoms with Crippen molar-refractivity contribution in [2.45, 2.75) is 6.42 Å². The average Bonchev–Trinajstić information content (AvgIpc) is 2.44. The second kappa shape index (κ2) is 7.06. The van der Waals surface area contributed by atoms with Gasteiger partial charge in [-0.05, 0) is 6.07 Å². The van der Waals surface area contributed by atoms with Crippen LogP contribution >= 0.6 is 0 Å². The van der Waals surface area contributed by atoms with Crippen LogP contribution in [0.3, 0.4) is 0 Å². The number of nitrogens with zero attached hydrogens (tertiary/aromatic N) is 2. The van der Waals surface area contributed by atoms with Crippen LogP contribution in [-0.4, -0.2) is 51.5 Å². The van der Waals surface area contributed by atoms with Crippen molar-refractivity contribution in [2.75, 3.05) is 32.5 Å². The molecule has 1 heterocycles. The van der Waals surface area contributed by atoms with E-state index in [4.69, 9.17) is 4.74 Å². The molecular formula is C11H17N3O5S. The van der Waals surface area contributed by atoms with E-state index >= 15 is 0 Å². The van der Waals surface area contributed by atoms with Crippen molar-refractivity contribution in [3.63, 3.8) is 0 Å². The van der Waals surface area contributed by atoms with Crippen LogP contribution in [0.15, 0.2) is 18.3 Å². The third-order valence-electron chi connectivity index (χ3n) is 2.46. The monoisotopic (exact) mass is 303 g/mol. The number of hydrogen-bond acceptors (Lipinski definition) is 6. The topological polar surface area (TPSA) is 97.8 Å². The molecule has 1 N–H and O–H groups in total. The zero-order chi connectivity index (χ0) is 15.2. The maximum atomic E-state index is 12.0. The fourth-order valence-corrected chi connectivity index (χ4v) is 2.17. The summed E-state index contributed by atoms with van der Waals surface area (Å²) in [5.74, 6) is -0.0924. The lowest BCUT2D eigenvalue weighted by Crippen LogP contribution is -2.34. The molecule has 0 saturated carbocycles. The highest BCUT2D eigenvalue weighted by Crippen LogP contribution is 2.13. The molecule has 0 saturated heterocycles. The van der Waals surface area contributed by atoms with Crippen LogP contribution in [0.1, 0.15) is 6.42 Å². The normalized spacial score (nSPS) is 11.2. The first-order chi connectivity index (χ1) is 9.39. The summed E-state index contributed by atoms with van der Waals surface area (Å²) < 4.78 is 36.6. The van der Waals surface area contributed by atoms with Gasteiger partial charge >= 0.3 is 16.2 Å². The summed E-state index contributed by atoms with van der Waals surface area (Å²) in [6.45, 7) is 0.0194. The summed E-state index contributed by atoms with van der Waals surface area (Å²) in [7, 11) is 0.334. The van der Waals surface area contributed by atoms with Crippen molar-refractivity contribution in [3.05, 3.63) is 18.3 Å². The average molecular weight is 303 g/mol. The summed E-state index contributed by atoms with van der Waals surface area (Å²) >= 11 is 0. The molecule has 0 bridgehead atoms. The summed E-state index contributed by atoms with van der Waals surface area (Å²) in [5, 5.41) is 0. The first kappa shape index (κ1) is 16.2. The smallest absolute Gasteiger partial charge is 0.306 e. The number of esters is 1. The van der Waals surface area contributed by atoms with E-state index in [9.17, 15) is 13.2 Å². The highest BCUT2D eigenvalue weighted by atomic mass is 32.2. The van der Waals surface area contributed by atoms with Crippen molar-refractivity contribution in [3.8, 4) is 5.88 Å². The molecule has 9 heteroatoms. The number of ether oxygens (including phenoxy) is 2. The Kier molecular flexibility index (Phi) is 5.71. The predicted molar refractivity (Wildman–Crippen MR) is 72.6 cm³/mol. The van der Waals surface area contributed by atoms with Crippen molar-refractivity contribution in [2.24, 2.45) is 0 Å². The molecule has 1 aromatic rings. The van der Waals surface area contributed by atoms with Crippen molar-refractivity contribution in [1.82, 2.24) is 9.29 Å². The number of methoxy groups -OCH3 is 2. The first-order valence-electron chi connectivity index (χ1n) is 5.70. The van der Waals surface area contributed by atoms with Crippen LogP contribution in [0.5, 0.6) is 5.88 Å². The third-order valence-corrected chi connectivity index (χ3v) is 3.96. The van der Waals surface area contributed by atoms with E-state index in [0.717, 1.165) is 4.31 Å². The van der Waals surface area contributed by atoms with Crippen LogP contribution in [0.2, 0.25) is 0 Å². The van der Waals surface area contributed by atoms with E-state index in [1.807, 2.05) is 0 Å². The molecule has 0 unspecified atom stereocenters. The minimum atomic E-state index is -3.74. The molecule has 20 heavy (non-hydrogen) atoms. The van der Waals surface area contributed by atoms with Crippen molar-refractivity contribution in [1.29, 1.82) is 0 Å². The Hall–Kier alpha value is -1.87. The molecule has 0 radical (unpaired) electrons. The molecule has 0 aliphatic rings. The summed E-state index contributed by atoms with van der Waals surface area (Å²) in [5.41, 5.74) is 0.302. The van der Waals surface area contributed by atoms with Gasteiger partial charge in [0.25, 0.3) is 0 Å². The summed E-state index contributed by atoms with van der Waals surface area (Å²) in [6, 6.07) is 3.06. The van der Waals surface area contributed by atoms with Crippen LogP contribution in [-0.2, 0) is 19.7 Å². The Morgan fingerprint density at radius 2 is 2.10 bits per heavy atom. The van der Waals surface area contributed by atoms with Crippen LogP contribution < -0.4 is 9.46 Å². The molecule has 0 fully saturated rings. The maximum absolute atomic E-state index is 12.0. The molecule has 1 aromatic heterocycles. The fourth-order valence-electron chi connectivity index (χ4n) is 1.26. The van der Waals surface area contributed by atoms with Gasteiger partial charge in [0.05, 0.1) is 32.5 Å². The SMILES string of the molecule is COC(=O)CCN(C)S(=O)(=O)Nc1ccc(OC)nc1. The number of carbonyl (C=O) groups is 1. The fraction of sp³-hybridized carbons (Fsp3) is 0.455. The van der Waals surface area contributed by atoms with Gasteiger partial charge in [-0.1, -0.05) is 0 Å². The van der Waals surface area contributed by atoms with Gasteiger partial charge in [0.1, 0.15) is 0 Å². The number of carbonyl (C=O) groups excluding carboxylic acids is 1. The molecule has 0 spiro atoms. The second-order valence-corrected chi connectivity index (χ2v) is 5.62. The lowest BCUT2D eigenvalue weighted by molar-refractivity contribution is -0.140. The van der Waals surface area contributed by atoms with Gasteiger partial charge in [0, 0.05) is 19.7 Å². The Balaban J connectivity index is 2.65. The molecule has 112 valence electrons. The molecule has 0 aromatic carbocycles. The lowest BCUT2D eigenvalue weighted by Gasteiger charge is -2.17. The van der Waals surface area contributed by atoms with E-state index in [1.54, 1.807) is 0 Å². The number of aromatic nitrogens is 1. The molecular weight excluding hydrogens is 286 g/mol. The van der Waals surface area contributed by atoms with Crippen LogP contribution in [0.25, 0.3) is 0 Å². The van der Waals surface area contributed by atoms with Gasteiger partial charge in [0.2, 0.25) is 5.88 Å². The Morgan fingerprint density at radius 3 is 2.60 bits per heavy atom. The van der Waals surface area contributed by atoms with Gasteiger partial charge < -0.3 is 9.47 Å². The molecule has 0 atom stereocenters. The number of rotatable bonds is 7. The zero-order valence-electron chi connectivity index (χ0n) is 11.5. The van der Waals surface area contributed by atoms with E-state index < -0.39 is 16.2 Å². The lowest BCUT2D eigenvalue weighted by atomic mass is 10.4. The molecule has 1 rings (SSSR count). The number of hydrogen-bond donors (Lipinski definition) is 1.